The van der Waals surface area contributed by atoms with Crippen molar-refractivity contribution in [2.45, 2.75) is 74.8 Å². The van der Waals surface area contributed by atoms with Crippen LogP contribution in [0.4, 0.5) is 59.3 Å². The van der Waals surface area contributed by atoms with Crippen molar-refractivity contribution in [1.29, 1.82) is 0 Å². The molecule has 3 atom stereocenters. The van der Waals surface area contributed by atoms with Gasteiger partial charge in [-0.25, -0.2) is 49.3 Å². The molecule has 0 spiro atoms. The van der Waals surface area contributed by atoms with Crippen LogP contribution in [0.5, 0.6) is 0 Å². The summed E-state index contributed by atoms with van der Waals surface area (Å²) >= 11 is 6.60. The summed E-state index contributed by atoms with van der Waals surface area (Å²) in [7, 11) is -14.0. The van der Waals surface area contributed by atoms with E-state index in [1.807, 2.05) is 5.32 Å². The van der Waals surface area contributed by atoms with Crippen LogP contribution in [0.3, 0.4) is 0 Å². The van der Waals surface area contributed by atoms with Gasteiger partial charge in [-0.1, -0.05) is 23.6 Å². The van der Waals surface area contributed by atoms with E-state index in [9.17, 15) is 70.9 Å². The Morgan fingerprint density at radius 2 is 1.61 bits per heavy atom. The van der Waals surface area contributed by atoms with E-state index in [0.29, 0.717) is 12.3 Å². The summed E-state index contributed by atoms with van der Waals surface area (Å²) in [5, 5.41) is 10.2. The predicted molar refractivity (Wildman–Crippen MR) is 254 cm³/mol. The monoisotopic (exact) mass is 1210 g/mol. The van der Waals surface area contributed by atoms with Gasteiger partial charge in [0.2, 0.25) is 22.7 Å². The first-order valence-electron chi connectivity index (χ1n) is 22.4. The van der Waals surface area contributed by atoms with Crippen molar-refractivity contribution < 1.29 is 103 Å². The number of rotatable bonds is 17. The Morgan fingerprint density at radius 1 is 0.962 bits per heavy atom. The van der Waals surface area contributed by atoms with Crippen LogP contribution in [0, 0.1) is 29.4 Å². The standard InChI is InChI=1S/C44H40ClF10N8O13PS2/c1-41(2,78(3,70)71)10-9-24-5-6-25(34(57-24)30(15-21-13-22(46)16-23(47)14-21)58-31(64)18-61-37-32(36(59-61)44(53,54)55)27-17-28(27)43(37,51)52)26-7-8-29(45)33-35(26)62(19-42(48,49)50)60-38(33)63(79(4,72)73)40(66)74-12-11-56-39(65)75-20-76-77(67,68)69/h5-8,13-14,16,27-28,30H,11-12,15,17-20H2,1-4H3,(H,56,65)(H,58,64)(H2,67,68,69)/t27-,28+,30-/m0/s1. The van der Waals surface area contributed by atoms with E-state index in [0.717, 1.165) is 42.7 Å². The number of phosphoric acid groups is 1. The summed E-state index contributed by atoms with van der Waals surface area (Å²) in [5.74, 6) is -6.53. The highest BCUT2D eigenvalue weighted by Gasteiger charge is 2.68. The first-order chi connectivity index (χ1) is 36.3. The second-order valence-corrected chi connectivity index (χ2v) is 24.3. The van der Waals surface area contributed by atoms with Crippen LogP contribution in [0.25, 0.3) is 22.0 Å². The van der Waals surface area contributed by atoms with Gasteiger partial charge in [0.05, 0.1) is 40.5 Å². The van der Waals surface area contributed by atoms with Crippen LogP contribution < -0.4 is 14.9 Å². The number of amides is 3. The minimum Gasteiger partial charge on any atom is -0.447 e. The lowest BCUT2D eigenvalue weighted by Crippen LogP contribution is -2.39. The molecule has 428 valence electrons. The first kappa shape index (κ1) is 60.1. The number of pyridine rings is 1. The number of carbonyl (C=O) groups excluding carboxylic acids is 3. The maximum atomic E-state index is 15.6. The summed E-state index contributed by atoms with van der Waals surface area (Å²) in [5.41, 5.74) is -6.50. The number of sulfonamides is 1. The van der Waals surface area contributed by atoms with E-state index in [1.54, 1.807) is 0 Å². The zero-order valence-corrected chi connectivity index (χ0v) is 44.0. The summed E-state index contributed by atoms with van der Waals surface area (Å²) in [4.78, 5) is 61.6. The number of nitrogens with zero attached hydrogens (tertiary/aromatic N) is 6. The van der Waals surface area contributed by atoms with Crippen LogP contribution in [0.15, 0.2) is 42.5 Å². The molecule has 0 saturated heterocycles. The van der Waals surface area contributed by atoms with E-state index in [-0.39, 0.29) is 31.3 Å². The molecule has 2 aliphatic carbocycles. The number of ether oxygens (including phenoxy) is 2. The highest BCUT2D eigenvalue weighted by atomic mass is 35.5. The van der Waals surface area contributed by atoms with Crippen molar-refractivity contribution in [1.82, 2.24) is 35.2 Å². The van der Waals surface area contributed by atoms with Gasteiger partial charge in [0.25, 0.3) is 5.92 Å². The number of phosphoric ester groups is 1. The molecule has 3 heterocycles. The quantitative estimate of drug-likeness (QED) is 0.0240. The van der Waals surface area contributed by atoms with Gasteiger partial charge in [0.1, 0.15) is 47.5 Å². The fourth-order valence-electron chi connectivity index (χ4n) is 8.33. The molecule has 0 aliphatic heterocycles. The summed E-state index contributed by atoms with van der Waals surface area (Å²) < 4.78 is 222. The molecule has 35 heteroatoms. The highest BCUT2D eigenvalue weighted by molar-refractivity contribution is 7.93. The van der Waals surface area contributed by atoms with Gasteiger partial charge < -0.3 is 29.9 Å². The van der Waals surface area contributed by atoms with E-state index in [4.69, 9.17) is 26.1 Å². The Hall–Kier alpha value is -6.56. The van der Waals surface area contributed by atoms with Crippen molar-refractivity contribution in [2.75, 3.05) is 36.8 Å². The zero-order valence-electron chi connectivity index (χ0n) is 40.7. The Bertz CT molecular complexity index is 3620. The Morgan fingerprint density at radius 3 is 2.20 bits per heavy atom. The molecule has 1 saturated carbocycles. The number of carbonyl (C=O) groups is 3. The molecule has 3 aromatic heterocycles. The lowest BCUT2D eigenvalue weighted by molar-refractivity contribution is -0.143. The SMILES string of the molecule is CC(C)(C#Cc1ccc(-c2ccc(Cl)c3c(N(C(=O)OCCNC(=O)OCOP(=O)(O)O)S(C)(=O)=O)nn(CC(F)(F)F)c23)c([C@H](Cc2cc(F)cc(F)c2)NC(=O)Cn2nc(C(F)(F)F)c3c2C(F)(F)[C@@H]2C[C@H]32)n1)S(C)(=O)=O. The van der Waals surface area contributed by atoms with Crippen LogP contribution in [0.2, 0.25) is 5.02 Å². The smallest absolute Gasteiger partial charge is 0.447 e. The Labute approximate surface area is 444 Å². The molecule has 2 aliphatic rings. The van der Waals surface area contributed by atoms with Crippen LogP contribution >= 0.6 is 19.4 Å². The van der Waals surface area contributed by atoms with E-state index in [2.05, 4.69) is 41.6 Å². The minimum atomic E-state index is -5.26. The molecular formula is C44H40ClF10N8O13PS2. The first-order valence-corrected chi connectivity index (χ1v) is 28.0. The predicted octanol–water partition coefficient (Wildman–Crippen LogP) is 6.99. The molecule has 1 fully saturated rings. The molecule has 4 N–H and O–H groups in total. The molecule has 3 amide bonds. The fraction of sp³-hybridized carbons (Fsp3) is 0.409. The third-order valence-electron chi connectivity index (χ3n) is 12.0. The highest BCUT2D eigenvalue weighted by Crippen LogP contribution is 2.68. The van der Waals surface area contributed by atoms with Crippen molar-refractivity contribution in [3.63, 3.8) is 0 Å². The molecule has 0 radical (unpaired) electrons. The Balaban J connectivity index is 1.40. The number of hydrogen-bond acceptors (Lipinski definition) is 14. The molecule has 0 unspecified atom stereocenters. The van der Waals surface area contributed by atoms with Crippen molar-refractivity contribution in [3.8, 4) is 23.0 Å². The maximum Gasteiger partial charge on any atom is 0.472 e. The number of alkyl halides is 8. The third kappa shape index (κ3) is 13.6. The number of fused-ring (bicyclic) bond motifs is 4. The van der Waals surface area contributed by atoms with Gasteiger partial charge in [0.15, 0.2) is 21.3 Å². The molecule has 5 aromatic rings. The average Bonchev–Trinajstić information content (AvgIpc) is 3.62. The zero-order chi connectivity index (χ0) is 58.7. The number of nitrogens with one attached hydrogen (secondary N) is 2. The summed E-state index contributed by atoms with van der Waals surface area (Å²) in [6, 6.07) is 4.28. The number of aromatic nitrogens is 5. The van der Waals surface area contributed by atoms with Gasteiger partial charge in [0, 0.05) is 34.9 Å². The molecule has 2 aromatic carbocycles. The van der Waals surface area contributed by atoms with Crippen LogP contribution in [0.1, 0.15) is 66.1 Å². The number of halogens is 11. The number of sulfone groups is 1. The van der Waals surface area contributed by atoms with Crippen molar-refractivity contribution >= 4 is 74.1 Å². The lowest BCUT2D eigenvalue weighted by atomic mass is 9.93. The Kier molecular flexibility index (Phi) is 16.3. The number of hydrogen-bond donors (Lipinski definition) is 4. The van der Waals surface area contributed by atoms with Gasteiger partial charge in [-0.05, 0) is 74.4 Å². The van der Waals surface area contributed by atoms with Gasteiger partial charge in [-0.2, -0.15) is 49.6 Å². The van der Waals surface area contributed by atoms with Crippen molar-refractivity contribution in [2.24, 2.45) is 5.92 Å². The van der Waals surface area contributed by atoms with E-state index >= 15 is 8.78 Å². The summed E-state index contributed by atoms with van der Waals surface area (Å²) in [6.07, 6.45) is -13.6. The van der Waals surface area contributed by atoms with Crippen LogP contribution in [-0.2, 0) is 74.8 Å². The van der Waals surface area contributed by atoms with Gasteiger partial charge in [-0.3, -0.25) is 14.2 Å². The summed E-state index contributed by atoms with van der Waals surface area (Å²) in [6.45, 7) is -3.89. The molecule has 7 rings (SSSR count). The number of anilines is 1. The fourth-order valence-corrected chi connectivity index (χ4v) is 9.76. The molecular weight excluding hydrogens is 1170 g/mol. The number of alkyl carbamates (subject to hydrolysis) is 1. The van der Waals surface area contributed by atoms with Crippen LogP contribution in [-0.4, -0.2) is 113 Å². The molecule has 79 heavy (non-hydrogen) atoms. The topological polar surface area (TPSA) is 281 Å². The van der Waals surface area contributed by atoms with E-state index < -0.39 is 193 Å². The lowest BCUT2D eigenvalue weighted by Gasteiger charge is -2.23. The maximum absolute atomic E-state index is 15.6. The van der Waals surface area contributed by atoms with Crippen molar-refractivity contribution in [3.05, 3.63) is 93.0 Å². The van der Waals surface area contributed by atoms with Gasteiger partial charge in [-0.15, -0.1) is 0 Å². The normalized spacial score (nSPS) is 16.6. The largest absolute Gasteiger partial charge is 0.472 e. The third-order valence-corrected chi connectivity index (χ3v) is 15.7. The molecule has 21 nitrogen and oxygen atoms in total. The minimum absolute atomic E-state index is 0.150. The molecule has 0 bridgehead atoms. The van der Waals surface area contributed by atoms with E-state index in [1.165, 1.54) is 13.8 Å². The second kappa shape index (κ2) is 21.5. The second-order valence-electron chi connectivity index (χ2n) is 18.3. The van der Waals surface area contributed by atoms with Gasteiger partial charge >= 0.3 is 32.4 Å². The number of benzene rings is 2. The average molecular weight is 1210 g/mol.